The lowest BCUT2D eigenvalue weighted by atomic mass is 10.2. The minimum absolute atomic E-state index is 0.218. The predicted molar refractivity (Wildman–Crippen MR) is 103 cm³/mol. The Morgan fingerprint density at radius 2 is 1.79 bits per heavy atom. The van der Waals surface area contributed by atoms with Crippen molar-refractivity contribution in [3.05, 3.63) is 54.1 Å². The number of aryl methyl sites for hydroxylation is 1. The van der Waals surface area contributed by atoms with Crippen LogP contribution in [0.4, 0.5) is 13.2 Å². The number of hydrogen-bond donors (Lipinski definition) is 0. The van der Waals surface area contributed by atoms with Crippen molar-refractivity contribution in [2.75, 3.05) is 5.75 Å². The Hall–Kier alpha value is -2.74. The van der Waals surface area contributed by atoms with E-state index < -0.39 is 22.5 Å². The third kappa shape index (κ3) is 3.07. The molecule has 1 unspecified atom stereocenters. The molecule has 8 heteroatoms. The van der Waals surface area contributed by atoms with Crippen molar-refractivity contribution in [2.24, 2.45) is 7.05 Å². The van der Waals surface area contributed by atoms with Crippen LogP contribution >= 0.6 is 0 Å². The molecular weight excluding hydrogens is 387 g/mol. The molecule has 0 aliphatic carbocycles. The predicted octanol–water partition coefficient (Wildman–Crippen LogP) is 4.93. The molecule has 0 radical (unpaired) electrons. The van der Waals surface area contributed by atoms with Crippen molar-refractivity contribution >= 4 is 32.7 Å². The van der Waals surface area contributed by atoms with Gasteiger partial charge in [0.1, 0.15) is 5.69 Å². The van der Waals surface area contributed by atoms with Crippen LogP contribution in [-0.4, -0.2) is 24.5 Å². The molecule has 0 spiro atoms. The van der Waals surface area contributed by atoms with E-state index in [0.717, 1.165) is 17.5 Å². The number of alkyl halides is 3. The molecular formula is C20H16F3N3OS. The molecule has 144 valence electrons. The van der Waals surface area contributed by atoms with Crippen molar-refractivity contribution in [2.45, 2.75) is 18.0 Å². The van der Waals surface area contributed by atoms with Crippen LogP contribution in [0.2, 0.25) is 0 Å². The van der Waals surface area contributed by atoms with E-state index in [-0.39, 0.29) is 5.52 Å². The molecule has 0 aliphatic rings. The number of hydrogen-bond acceptors (Lipinski definition) is 3. The van der Waals surface area contributed by atoms with Gasteiger partial charge in [0.15, 0.2) is 5.82 Å². The lowest BCUT2D eigenvalue weighted by molar-refractivity contribution is -0.137. The highest BCUT2D eigenvalue weighted by Gasteiger charge is 2.31. The van der Waals surface area contributed by atoms with Gasteiger partial charge in [-0.3, -0.25) is 4.21 Å². The van der Waals surface area contributed by atoms with E-state index in [1.807, 2.05) is 30.3 Å². The second-order valence-corrected chi connectivity index (χ2v) is 8.07. The summed E-state index contributed by atoms with van der Waals surface area (Å²) < 4.78 is 53.5. The van der Waals surface area contributed by atoms with Crippen LogP contribution < -0.4 is 0 Å². The van der Waals surface area contributed by atoms with Crippen LogP contribution in [0.3, 0.4) is 0 Å². The van der Waals surface area contributed by atoms with Crippen LogP contribution in [0.1, 0.15) is 12.5 Å². The molecule has 4 aromatic rings. The highest BCUT2D eigenvalue weighted by Crippen LogP contribution is 2.34. The Balaban J connectivity index is 2.00. The van der Waals surface area contributed by atoms with E-state index >= 15 is 0 Å². The molecule has 0 aliphatic heterocycles. The van der Waals surface area contributed by atoms with Crippen molar-refractivity contribution < 1.29 is 17.4 Å². The van der Waals surface area contributed by atoms with Crippen LogP contribution in [0.15, 0.2) is 53.4 Å². The first kappa shape index (κ1) is 18.6. The standard InChI is InChI=1S/C20H16F3N3OS/c1-3-28(27)17-10-12-6-4-5-7-14(12)24-18(17)19-25-15-11-13(20(21,22)23)8-9-16(15)26(19)2/h4-11H,3H2,1-2H3. The maximum Gasteiger partial charge on any atom is 0.416 e. The van der Waals surface area contributed by atoms with Gasteiger partial charge in [0.25, 0.3) is 0 Å². The fourth-order valence-corrected chi connectivity index (χ4v) is 4.10. The maximum atomic E-state index is 13.0. The summed E-state index contributed by atoms with van der Waals surface area (Å²) in [6.07, 6.45) is -4.44. The third-order valence-corrected chi connectivity index (χ3v) is 5.94. The fourth-order valence-electron chi connectivity index (χ4n) is 3.17. The van der Waals surface area contributed by atoms with Crippen molar-refractivity contribution in [1.82, 2.24) is 14.5 Å². The number of imidazole rings is 1. The van der Waals surface area contributed by atoms with E-state index in [2.05, 4.69) is 9.97 Å². The first-order valence-electron chi connectivity index (χ1n) is 8.62. The number of pyridine rings is 1. The molecule has 0 saturated carbocycles. The SMILES string of the molecule is CCS(=O)c1cc2ccccc2nc1-c1nc2cc(C(F)(F)F)ccc2n1C. The summed E-state index contributed by atoms with van der Waals surface area (Å²) in [5, 5.41) is 0.848. The van der Waals surface area contributed by atoms with Gasteiger partial charge < -0.3 is 4.57 Å². The normalized spacial score (nSPS) is 13.3. The van der Waals surface area contributed by atoms with E-state index in [1.54, 1.807) is 18.5 Å². The Kier molecular flexibility index (Phi) is 4.45. The van der Waals surface area contributed by atoms with Gasteiger partial charge in [-0.25, -0.2) is 9.97 Å². The molecule has 0 N–H and O–H groups in total. The Labute approximate surface area is 161 Å². The summed E-state index contributed by atoms with van der Waals surface area (Å²) in [4.78, 5) is 9.57. The fraction of sp³-hybridized carbons (Fsp3) is 0.200. The molecule has 28 heavy (non-hydrogen) atoms. The molecule has 2 aromatic carbocycles. The number of nitrogens with zero attached hydrogens (tertiary/aromatic N) is 3. The molecule has 1 atom stereocenters. The van der Waals surface area contributed by atoms with E-state index in [4.69, 9.17) is 0 Å². The molecule has 0 saturated heterocycles. The summed E-state index contributed by atoms with van der Waals surface area (Å²) in [6.45, 7) is 1.81. The Morgan fingerprint density at radius 3 is 2.50 bits per heavy atom. The molecule has 0 amide bonds. The monoisotopic (exact) mass is 403 g/mol. The average Bonchev–Trinajstić information content (AvgIpc) is 3.01. The number of benzene rings is 2. The Morgan fingerprint density at radius 1 is 1.04 bits per heavy atom. The number of rotatable bonds is 3. The first-order chi connectivity index (χ1) is 13.3. The van der Waals surface area contributed by atoms with Crippen molar-refractivity contribution in [3.63, 3.8) is 0 Å². The summed E-state index contributed by atoms with van der Waals surface area (Å²) in [7, 11) is 0.413. The lowest BCUT2D eigenvalue weighted by Gasteiger charge is -2.10. The molecule has 4 nitrogen and oxygen atoms in total. The van der Waals surface area contributed by atoms with Gasteiger partial charge in [0.2, 0.25) is 0 Å². The molecule has 0 bridgehead atoms. The molecule has 0 fully saturated rings. The van der Waals surface area contributed by atoms with E-state index in [9.17, 15) is 17.4 Å². The lowest BCUT2D eigenvalue weighted by Crippen LogP contribution is -2.04. The second kappa shape index (κ2) is 6.70. The zero-order valence-corrected chi connectivity index (χ0v) is 15.9. The van der Waals surface area contributed by atoms with Gasteiger partial charge in [0, 0.05) is 18.2 Å². The number of para-hydroxylation sites is 1. The first-order valence-corrected chi connectivity index (χ1v) is 9.93. The zero-order valence-electron chi connectivity index (χ0n) is 15.1. The number of aromatic nitrogens is 3. The van der Waals surface area contributed by atoms with Gasteiger partial charge in [-0.15, -0.1) is 0 Å². The van der Waals surface area contributed by atoms with Crippen molar-refractivity contribution in [3.8, 4) is 11.5 Å². The summed E-state index contributed by atoms with van der Waals surface area (Å²) in [5.74, 6) is 0.784. The van der Waals surface area contributed by atoms with Crippen LogP contribution in [-0.2, 0) is 24.0 Å². The Bertz CT molecular complexity index is 1230. The number of halogens is 3. The summed E-state index contributed by atoms with van der Waals surface area (Å²) in [5.41, 5.74) is 1.14. The molecule has 2 heterocycles. The van der Waals surface area contributed by atoms with Crippen LogP contribution in [0.25, 0.3) is 33.5 Å². The van der Waals surface area contributed by atoms with E-state index in [0.29, 0.717) is 33.2 Å². The smallest absolute Gasteiger partial charge is 0.326 e. The highest BCUT2D eigenvalue weighted by molar-refractivity contribution is 7.85. The zero-order chi connectivity index (χ0) is 20.1. The quantitative estimate of drug-likeness (QED) is 0.487. The van der Waals surface area contributed by atoms with Crippen molar-refractivity contribution in [1.29, 1.82) is 0 Å². The van der Waals surface area contributed by atoms with Gasteiger partial charge in [-0.1, -0.05) is 25.1 Å². The van der Waals surface area contributed by atoms with Crippen LogP contribution in [0, 0.1) is 0 Å². The number of fused-ring (bicyclic) bond motifs is 2. The van der Waals surface area contributed by atoms with Gasteiger partial charge in [-0.2, -0.15) is 13.2 Å². The highest BCUT2D eigenvalue weighted by atomic mass is 32.2. The third-order valence-electron chi connectivity index (χ3n) is 4.62. The summed E-state index contributed by atoms with van der Waals surface area (Å²) in [6, 6.07) is 12.7. The van der Waals surface area contributed by atoms with E-state index in [1.165, 1.54) is 6.07 Å². The largest absolute Gasteiger partial charge is 0.416 e. The maximum absolute atomic E-state index is 13.0. The summed E-state index contributed by atoms with van der Waals surface area (Å²) >= 11 is 0. The van der Waals surface area contributed by atoms with Gasteiger partial charge in [0.05, 0.1) is 37.8 Å². The van der Waals surface area contributed by atoms with Gasteiger partial charge in [-0.05, 0) is 30.3 Å². The van der Waals surface area contributed by atoms with Gasteiger partial charge >= 0.3 is 6.18 Å². The minimum atomic E-state index is -4.44. The average molecular weight is 403 g/mol. The van der Waals surface area contributed by atoms with Crippen LogP contribution in [0.5, 0.6) is 0 Å². The molecule has 4 rings (SSSR count). The minimum Gasteiger partial charge on any atom is -0.326 e. The molecule has 2 aromatic heterocycles. The second-order valence-electron chi connectivity index (χ2n) is 6.36. The topological polar surface area (TPSA) is 47.8 Å².